The maximum absolute atomic E-state index is 12.8. The summed E-state index contributed by atoms with van der Waals surface area (Å²) in [5.41, 5.74) is -0.296. The van der Waals surface area contributed by atoms with E-state index in [0.29, 0.717) is 16.9 Å². The molecule has 1 fully saturated rings. The molecular weight excluding hydrogens is 372 g/mol. The van der Waals surface area contributed by atoms with Crippen molar-refractivity contribution >= 4 is 18.2 Å². The van der Waals surface area contributed by atoms with Gasteiger partial charge < -0.3 is 14.8 Å². The fourth-order valence-electron chi connectivity index (χ4n) is 2.71. The van der Waals surface area contributed by atoms with E-state index in [1.165, 1.54) is 37.4 Å². The second-order valence-electron chi connectivity index (χ2n) is 6.09. The Morgan fingerprint density at radius 1 is 1.07 bits per heavy atom. The van der Waals surface area contributed by atoms with Crippen molar-refractivity contribution in [3.63, 3.8) is 0 Å². The zero-order chi connectivity index (χ0) is 20.3. The van der Waals surface area contributed by atoms with E-state index in [-0.39, 0.29) is 5.75 Å². The molecule has 3 rings (SSSR count). The van der Waals surface area contributed by atoms with E-state index in [9.17, 15) is 18.4 Å². The van der Waals surface area contributed by atoms with E-state index >= 15 is 0 Å². The lowest BCUT2D eigenvalue weighted by molar-refractivity contribution is -0.131. The third-order valence-electron chi connectivity index (χ3n) is 4.26. The van der Waals surface area contributed by atoms with Crippen LogP contribution >= 0.6 is 0 Å². The molecule has 2 aromatic rings. The first kappa shape index (κ1) is 19.3. The summed E-state index contributed by atoms with van der Waals surface area (Å²) >= 11 is 0. The second-order valence-corrected chi connectivity index (χ2v) is 6.09. The smallest absolute Gasteiger partial charge is 0.387 e. The summed E-state index contributed by atoms with van der Waals surface area (Å²) in [5, 5.41) is 7.28. The summed E-state index contributed by atoms with van der Waals surface area (Å²) in [6.45, 7) is -1.43. The van der Waals surface area contributed by atoms with Gasteiger partial charge >= 0.3 is 12.6 Å². The molecule has 0 saturated carbocycles. The zero-order valence-corrected chi connectivity index (χ0v) is 15.1. The van der Waals surface area contributed by atoms with E-state index in [2.05, 4.69) is 15.2 Å². The molecule has 9 heteroatoms. The predicted octanol–water partition coefficient (Wildman–Crippen LogP) is 3.10. The number of hydrogen-bond acceptors (Lipinski definition) is 5. The number of benzene rings is 2. The maximum atomic E-state index is 12.8. The molecule has 0 bridgehead atoms. The first-order valence-electron chi connectivity index (χ1n) is 8.23. The number of nitrogens with zero attached hydrogens (tertiary/aromatic N) is 2. The summed E-state index contributed by atoms with van der Waals surface area (Å²) < 4.78 is 33.9. The minimum absolute atomic E-state index is 0.0477. The Kier molecular flexibility index (Phi) is 5.25. The number of imide groups is 1. The van der Waals surface area contributed by atoms with Gasteiger partial charge in [0.25, 0.3) is 5.91 Å². The number of alkyl halides is 2. The number of halogens is 2. The highest BCUT2D eigenvalue weighted by Crippen LogP contribution is 2.30. The summed E-state index contributed by atoms with van der Waals surface area (Å²) in [4.78, 5) is 25.0. The number of hydrogen-bond donors (Lipinski definition) is 1. The van der Waals surface area contributed by atoms with Gasteiger partial charge in [-0.25, -0.2) is 4.79 Å². The molecule has 1 aliphatic rings. The summed E-state index contributed by atoms with van der Waals surface area (Å²) in [5.74, 6) is 0.0253. The Hall–Kier alpha value is -3.49. The van der Waals surface area contributed by atoms with E-state index in [4.69, 9.17) is 4.74 Å². The van der Waals surface area contributed by atoms with Crippen molar-refractivity contribution in [2.24, 2.45) is 5.10 Å². The third-order valence-corrected chi connectivity index (χ3v) is 4.26. The highest BCUT2D eigenvalue weighted by molar-refractivity contribution is 6.07. The molecule has 7 nitrogen and oxygen atoms in total. The van der Waals surface area contributed by atoms with Crippen LogP contribution in [0.1, 0.15) is 18.1 Å². The molecule has 1 heterocycles. The van der Waals surface area contributed by atoms with E-state index in [1.54, 1.807) is 31.4 Å². The van der Waals surface area contributed by atoms with Crippen LogP contribution in [0.5, 0.6) is 11.5 Å². The van der Waals surface area contributed by atoms with Crippen LogP contribution in [0.4, 0.5) is 13.6 Å². The molecule has 3 amide bonds. The summed E-state index contributed by atoms with van der Waals surface area (Å²) in [6.07, 6.45) is 1.38. The van der Waals surface area contributed by atoms with Crippen molar-refractivity contribution in [2.75, 3.05) is 7.11 Å². The second kappa shape index (κ2) is 7.63. The van der Waals surface area contributed by atoms with Crippen molar-refractivity contribution in [3.05, 3.63) is 59.7 Å². The molecule has 0 aliphatic carbocycles. The summed E-state index contributed by atoms with van der Waals surface area (Å²) in [7, 11) is 1.54. The normalized spacial score (nSPS) is 19.4. The Morgan fingerprint density at radius 2 is 1.68 bits per heavy atom. The van der Waals surface area contributed by atoms with Crippen LogP contribution in [0.2, 0.25) is 0 Å². The van der Waals surface area contributed by atoms with Crippen LogP contribution in [0.25, 0.3) is 0 Å². The third kappa shape index (κ3) is 3.78. The van der Waals surface area contributed by atoms with E-state index in [1.807, 2.05) is 0 Å². The lowest BCUT2D eigenvalue weighted by Crippen LogP contribution is -2.40. The number of methoxy groups -OCH3 is 1. The van der Waals surface area contributed by atoms with Crippen LogP contribution < -0.4 is 14.8 Å². The molecule has 28 heavy (non-hydrogen) atoms. The first-order valence-corrected chi connectivity index (χ1v) is 8.23. The van der Waals surface area contributed by atoms with Crippen molar-refractivity contribution in [2.45, 2.75) is 19.1 Å². The quantitative estimate of drug-likeness (QED) is 0.608. The standard InChI is InChI=1S/C19H17F2N3O4/c1-19(13-5-9-15(10-6-13)28-17(20)21)16(25)24(18(26)23-19)22-11-12-3-7-14(27-2)8-4-12/h3-11,17H,1-2H3,(H,23,26)/t19-/m1/s1. The van der Waals surface area contributed by atoms with Crippen LogP contribution in [0.15, 0.2) is 53.6 Å². The maximum Gasteiger partial charge on any atom is 0.387 e. The Balaban J connectivity index is 1.78. The van der Waals surface area contributed by atoms with Gasteiger partial charge in [-0.15, -0.1) is 5.01 Å². The number of ether oxygens (including phenoxy) is 2. The Labute approximate surface area is 159 Å². The monoisotopic (exact) mass is 389 g/mol. The van der Waals surface area contributed by atoms with Crippen molar-refractivity contribution in [3.8, 4) is 11.5 Å². The van der Waals surface area contributed by atoms with Gasteiger partial charge in [-0.3, -0.25) is 4.79 Å². The first-order chi connectivity index (χ1) is 13.3. The van der Waals surface area contributed by atoms with Crippen LogP contribution in [0.3, 0.4) is 0 Å². The highest BCUT2D eigenvalue weighted by Gasteiger charge is 2.49. The fraction of sp³-hybridized carbons (Fsp3) is 0.211. The molecule has 0 radical (unpaired) electrons. The average Bonchev–Trinajstić information content (AvgIpc) is 2.90. The molecule has 2 aromatic carbocycles. The van der Waals surface area contributed by atoms with Crippen LogP contribution in [-0.4, -0.2) is 36.9 Å². The van der Waals surface area contributed by atoms with Crippen LogP contribution in [0, 0.1) is 0 Å². The number of urea groups is 1. The lowest BCUT2D eigenvalue weighted by Gasteiger charge is -2.21. The molecule has 1 saturated heterocycles. The molecule has 146 valence electrons. The average molecular weight is 389 g/mol. The van der Waals surface area contributed by atoms with Crippen molar-refractivity contribution in [1.29, 1.82) is 0 Å². The molecule has 1 aliphatic heterocycles. The minimum atomic E-state index is -2.95. The molecule has 0 unspecified atom stereocenters. The largest absolute Gasteiger partial charge is 0.497 e. The minimum Gasteiger partial charge on any atom is -0.497 e. The van der Waals surface area contributed by atoms with Gasteiger partial charge in [0.15, 0.2) is 0 Å². The predicted molar refractivity (Wildman–Crippen MR) is 96.4 cm³/mol. The van der Waals surface area contributed by atoms with Gasteiger partial charge in [0.1, 0.15) is 17.0 Å². The number of carbonyl (C=O) groups excluding carboxylic acids is 2. The van der Waals surface area contributed by atoms with Crippen LogP contribution in [-0.2, 0) is 10.3 Å². The van der Waals surface area contributed by atoms with Gasteiger partial charge in [0.05, 0.1) is 13.3 Å². The van der Waals surface area contributed by atoms with Gasteiger partial charge in [0.2, 0.25) is 0 Å². The summed E-state index contributed by atoms with van der Waals surface area (Å²) in [6, 6.07) is 11.7. The van der Waals surface area contributed by atoms with Crippen molar-refractivity contribution < 1.29 is 27.8 Å². The molecular formula is C19H17F2N3O4. The topological polar surface area (TPSA) is 80.2 Å². The van der Waals surface area contributed by atoms with E-state index < -0.39 is 24.1 Å². The van der Waals surface area contributed by atoms with Crippen molar-refractivity contribution in [1.82, 2.24) is 10.3 Å². The molecule has 0 aromatic heterocycles. The number of carbonyl (C=O) groups is 2. The Bertz CT molecular complexity index is 900. The van der Waals surface area contributed by atoms with Gasteiger partial charge in [-0.2, -0.15) is 13.9 Å². The van der Waals surface area contributed by atoms with Gasteiger partial charge in [-0.05, 0) is 54.4 Å². The number of nitrogens with one attached hydrogen (secondary N) is 1. The number of hydrazone groups is 1. The van der Waals surface area contributed by atoms with E-state index in [0.717, 1.165) is 5.01 Å². The highest BCUT2D eigenvalue weighted by atomic mass is 19.3. The van der Waals surface area contributed by atoms with Gasteiger partial charge in [-0.1, -0.05) is 12.1 Å². The number of rotatable bonds is 6. The van der Waals surface area contributed by atoms with Gasteiger partial charge in [0, 0.05) is 0 Å². The zero-order valence-electron chi connectivity index (χ0n) is 15.1. The lowest BCUT2D eigenvalue weighted by atomic mass is 9.92. The molecule has 1 N–H and O–H groups in total. The molecule has 1 atom stereocenters. The molecule has 0 spiro atoms. The Morgan fingerprint density at radius 3 is 2.25 bits per heavy atom. The SMILES string of the molecule is COc1ccc(C=NN2C(=O)N[C@](C)(c3ccc(OC(F)F)cc3)C2=O)cc1. The fourth-order valence-corrected chi connectivity index (χ4v) is 2.71. The number of amides is 3.